The van der Waals surface area contributed by atoms with E-state index in [1.807, 2.05) is 6.92 Å². The molecular weight excluding hydrogens is 306 g/mol. The maximum absolute atomic E-state index is 12.3. The first kappa shape index (κ1) is 18.4. The second kappa shape index (κ2) is 7.56. The third-order valence-corrected chi connectivity index (χ3v) is 4.18. The number of carbonyl (C=O) groups is 1. The normalized spacial score (nSPS) is 24.2. The van der Waals surface area contributed by atoms with Gasteiger partial charge in [-0.2, -0.15) is 0 Å². The highest BCUT2D eigenvalue weighted by atomic mass is 35.5. The summed E-state index contributed by atoms with van der Waals surface area (Å²) in [4.78, 5) is 22.4. The van der Waals surface area contributed by atoms with Gasteiger partial charge < -0.3 is 11.1 Å². The van der Waals surface area contributed by atoms with Gasteiger partial charge in [0.1, 0.15) is 0 Å². The topological polar surface area (TPSA) is 98.3 Å². The van der Waals surface area contributed by atoms with Gasteiger partial charge >= 0.3 is 0 Å². The lowest BCUT2D eigenvalue weighted by atomic mass is 9.74. The molecule has 1 aliphatic rings. The molecule has 0 spiro atoms. The molecular formula is C15H22ClN3O3. The van der Waals surface area contributed by atoms with E-state index in [1.165, 1.54) is 12.1 Å². The number of nitrogens with one attached hydrogen (secondary N) is 1. The molecule has 0 saturated heterocycles. The van der Waals surface area contributed by atoms with E-state index in [0.717, 1.165) is 31.2 Å². The van der Waals surface area contributed by atoms with E-state index in [-0.39, 0.29) is 29.9 Å². The number of nitro groups is 1. The van der Waals surface area contributed by atoms with Crippen LogP contribution in [0.4, 0.5) is 5.69 Å². The first-order valence-electron chi connectivity index (χ1n) is 7.20. The van der Waals surface area contributed by atoms with Crippen molar-refractivity contribution in [2.45, 2.75) is 44.7 Å². The molecule has 2 unspecified atom stereocenters. The van der Waals surface area contributed by atoms with Crippen molar-refractivity contribution < 1.29 is 9.72 Å². The molecule has 6 nitrogen and oxygen atoms in total. The van der Waals surface area contributed by atoms with Crippen LogP contribution < -0.4 is 11.1 Å². The molecule has 2 atom stereocenters. The minimum atomic E-state index is -0.447. The molecule has 1 fully saturated rings. The number of nitrogens with two attached hydrogens (primary N) is 1. The molecule has 0 aromatic heterocycles. The van der Waals surface area contributed by atoms with E-state index in [9.17, 15) is 14.9 Å². The fraction of sp³-hybridized carbons (Fsp3) is 0.533. The summed E-state index contributed by atoms with van der Waals surface area (Å²) in [6, 6.07) is 6.19. The summed E-state index contributed by atoms with van der Waals surface area (Å²) in [5.41, 5.74) is 6.65. The zero-order valence-electron chi connectivity index (χ0n) is 12.6. The monoisotopic (exact) mass is 327 g/mol. The molecule has 1 amide bonds. The molecule has 122 valence electrons. The Morgan fingerprint density at radius 3 is 2.59 bits per heavy atom. The van der Waals surface area contributed by atoms with Crippen molar-refractivity contribution in [1.29, 1.82) is 0 Å². The van der Waals surface area contributed by atoms with Crippen LogP contribution in [0.2, 0.25) is 0 Å². The summed E-state index contributed by atoms with van der Waals surface area (Å²) in [5.74, 6) is -0.192. The Kier molecular flexibility index (Phi) is 6.32. The van der Waals surface area contributed by atoms with Crippen LogP contribution in [0, 0.1) is 16.0 Å². The lowest BCUT2D eigenvalue weighted by Gasteiger charge is -2.37. The molecule has 1 aliphatic carbocycles. The summed E-state index contributed by atoms with van der Waals surface area (Å²) in [7, 11) is 0. The van der Waals surface area contributed by atoms with Gasteiger partial charge in [0.25, 0.3) is 5.69 Å². The smallest absolute Gasteiger partial charge is 0.269 e. The molecule has 0 radical (unpaired) electrons. The van der Waals surface area contributed by atoms with Gasteiger partial charge in [-0.25, -0.2) is 0 Å². The van der Waals surface area contributed by atoms with Crippen molar-refractivity contribution in [2.24, 2.45) is 11.7 Å². The lowest BCUT2D eigenvalue weighted by Crippen LogP contribution is -2.52. The van der Waals surface area contributed by atoms with Crippen molar-refractivity contribution in [3.05, 3.63) is 39.9 Å². The maximum atomic E-state index is 12.3. The molecule has 3 N–H and O–H groups in total. The first-order chi connectivity index (χ1) is 9.90. The molecule has 1 saturated carbocycles. The van der Waals surface area contributed by atoms with Crippen molar-refractivity contribution in [3.8, 4) is 0 Å². The third kappa shape index (κ3) is 4.42. The zero-order valence-corrected chi connectivity index (χ0v) is 13.4. The van der Waals surface area contributed by atoms with Crippen molar-refractivity contribution >= 4 is 24.0 Å². The second-order valence-electron chi connectivity index (χ2n) is 5.95. The SMILES string of the molecule is CC1(N)CCCCC1C(=O)NCc1ccc([N+](=O)[O-])cc1.Cl. The highest BCUT2D eigenvalue weighted by Gasteiger charge is 2.37. The summed E-state index contributed by atoms with van der Waals surface area (Å²) in [6.07, 6.45) is 3.78. The standard InChI is InChI=1S/C15H21N3O3.ClH/c1-15(16)9-3-2-4-13(15)14(19)17-10-11-5-7-12(8-6-11)18(20)21;/h5-8,13H,2-4,9-10,16H2,1H3,(H,17,19);1H. The number of non-ortho nitro benzene ring substituents is 1. The van der Waals surface area contributed by atoms with Crippen LogP contribution in [0.3, 0.4) is 0 Å². The molecule has 0 bridgehead atoms. The number of nitrogens with zero attached hydrogens (tertiary/aromatic N) is 1. The number of hydrogen-bond acceptors (Lipinski definition) is 4. The molecule has 1 aromatic rings. The Morgan fingerprint density at radius 1 is 1.41 bits per heavy atom. The molecule has 0 heterocycles. The molecule has 2 rings (SSSR count). The summed E-state index contributed by atoms with van der Waals surface area (Å²) in [5, 5.41) is 13.5. The molecule has 0 aliphatic heterocycles. The number of hydrogen-bond donors (Lipinski definition) is 2. The average Bonchev–Trinajstić information content (AvgIpc) is 2.44. The second-order valence-corrected chi connectivity index (χ2v) is 5.95. The average molecular weight is 328 g/mol. The Balaban J connectivity index is 0.00000242. The molecule has 7 heteroatoms. The summed E-state index contributed by atoms with van der Waals surface area (Å²) in [6.45, 7) is 2.30. The van der Waals surface area contributed by atoms with Crippen LogP contribution in [0.25, 0.3) is 0 Å². The van der Waals surface area contributed by atoms with Crippen molar-refractivity contribution in [1.82, 2.24) is 5.32 Å². The predicted octanol–water partition coefficient (Wildman–Crippen LogP) is 2.54. The highest BCUT2D eigenvalue weighted by Crippen LogP contribution is 2.31. The van der Waals surface area contributed by atoms with E-state index in [1.54, 1.807) is 12.1 Å². The van der Waals surface area contributed by atoms with Gasteiger partial charge in [-0.15, -0.1) is 12.4 Å². The van der Waals surface area contributed by atoms with Crippen LogP contribution >= 0.6 is 12.4 Å². The van der Waals surface area contributed by atoms with Gasteiger partial charge in [-0.1, -0.05) is 25.0 Å². The number of carbonyl (C=O) groups excluding carboxylic acids is 1. The number of amides is 1. The van der Waals surface area contributed by atoms with Gasteiger partial charge in [-0.05, 0) is 25.3 Å². The highest BCUT2D eigenvalue weighted by molar-refractivity contribution is 5.85. The van der Waals surface area contributed by atoms with Crippen LogP contribution in [-0.4, -0.2) is 16.4 Å². The summed E-state index contributed by atoms with van der Waals surface area (Å²) < 4.78 is 0. The quantitative estimate of drug-likeness (QED) is 0.655. The fourth-order valence-electron chi connectivity index (χ4n) is 2.84. The van der Waals surface area contributed by atoms with Crippen molar-refractivity contribution in [3.63, 3.8) is 0 Å². The Labute approximate surface area is 136 Å². The maximum Gasteiger partial charge on any atom is 0.269 e. The Morgan fingerprint density at radius 2 is 2.05 bits per heavy atom. The third-order valence-electron chi connectivity index (χ3n) is 4.18. The number of halogens is 1. The number of rotatable bonds is 4. The molecule has 22 heavy (non-hydrogen) atoms. The van der Waals surface area contributed by atoms with Crippen molar-refractivity contribution in [2.75, 3.05) is 0 Å². The largest absolute Gasteiger partial charge is 0.352 e. The van der Waals surface area contributed by atoms with E-state index in [2.05, 4.69) is 5.32 Å². The van der Waals surface area contributed by atoms with E-state index < -0.39 is 10.5 Å². The lowest BCUT2D eigenvalue weighted by molar-refractivity contribution is -0.384. The minimum Gasteiger partial charge on any atom is -0.352 e. The number of benzene rings is 1. The predicted molar refractivity (Wildman–Crippen MR) is 86.7 cm³/mol. The van der Waals surface area contributed by atoms with Crippen LogP contribution in [-0.2, 0) is 11.3 Å². The first-order valence-corrected chi connectivity index (χ1v) is 7.20. The van der Waals surface area contributed by atoms with Gasteiger partial charge in [-0.3, -0.25) is 14.9 Å². The van der Waals surface area contributed by atoms with Gasteiger partial charge in [0.15, 0.2) is 0 Å². The van der Waals surface area contributed by atoms with Crippen LogP contribution in [0.15, 0.2) is 24.3 Å². The Bertz CT molecular complexity index is 531. The van der Waals surface area contributed by atoms with E-state index in [0.29, 0.717) is 6.54 Å². The summed E-state index contributed by atoms with van der Waals surface area (Å²) >= 11 is 0. The van der Waals surface area contributed by atoms with Gasteiger partial charge in [0, 0.05) is 24.2 Å². The Hall–Kier alpha value is -1.66. The fourth-order valence-corrected chi connectivity index (χ4v) is 2.84. The van der Waals surface area contributed by atoms with E-state index in [4.69, 9.17) is 5.73 Å². The van der Waals surface area contributed by atoms with Gasteiger partial charge in [0.2, 0.25) is 5.91 Å². The number of nitro benzene ring substituents is 1. The van der Waals surface area contributed by atoms with Crippen LogP contribution in [0.1, 0.15) is 38.2 Å². The zero-order chi connectivity index (χ0) is 15.5. The molecule has 1 aromatic carbocycles. The van der Waals surface area contributed by atoms with E-state index >= 15 is 0 Å². The minimum absolute atomic E-state index is 0. The van der Waals surface area contributed by atoms with Gasteiger partial charge in [0.05, 0.1) is 10.8 Å². The van der Waals surface area contributed by atoms with Crippen LogP contribution in [0.5, 0.6) is 0 Å².